The molecule has 0 aliphatic rings. The van der Waals surface area contributed by atoms with Crippen LogP contribution < -0.4 is 5.32 Å². The second-order valence-electron chi connectivity index (χ2n) is 3.58. The van der Waals surface area contributed by atoms with Gasteiger partial charge in [0.1, 0.15) is 5.82 Å². The molecule has 0 aromatic carbocycles. The van der Waals surface area contributed by atoms with Gasteiger partial charge in [-0.25, -0.2) is 4.98 Å². The van der Waals surface area contributed by atoms with Crippen molar-refractivity contribution in [3.8, 4) is 0 Å². The van der Waals surface area contributed by atoms with Crippen LogP contribution >= 0.6 is 0 Å². The van der Waals surface area contributed by atoms with Crippen molar-refractivity contribution >= 4 is 5.82 Å². The molecular weight excluding hydrogens is 204 g/mol. The molecule has 1 atom stereocenters. The maximum atomic E-state index is 5.62. The predicted molar refractivity (Wildman–Crippen MR) is 64.5 cm³/mol. The van der Waals surface area contributed by atoms with E-state index in [0.29, 0.717) is 13.2 Å². The van der Waals surface area contributed by atoms with Crippen LogP contribution in [0.1, 0.15) is 19.4 Å². The van der Waals surface area contributed by atoms with E-state index < -0.39 is 0 Å². The predicted octanol–water partition coefficient (Wildman–Crippen LogP) is 2.06. The molecule has 1 unspecified atom stereocenters. The van der Waals surface area contributed by atoms with Crippen molar-refractivity contribution in [3.05, 3.63) is 23.9 Å². The third kappa shape index (κ3) is 4.59. The summed E-state index contributed by atoms with van der Waals surface area (Å²) in [6.07, 6.45) is 1.93. The minimum Gasteiger partial charge on any atom is -0.379 e. The van der Waals surface area contributed by atoms with Gasteiger partial charge in [-0.1, -0.05) is 6.07 Å². The zero-order chi connectivity index (χ0) is 11.8. The smallest absolute Gasteiger partial charge is 0.125 e. The van der Waals surface area contributed by atoms with E-state index in [2.05, 4.69) is 10.3 Å². The van der Waals surface area contributed by atoms with Crippen molar-refractivity contribution in [3.63, 3.8) is 0 Å². The Labute approximate surface area is 97.0 Å². The topological polar surface area (TPSA) is 43.4 Å². The molecule has 1 aromatic rings. The van der Waals surface area contributed by atoms with Crippen molar-refractivity contribution in [1.82, 2.24) is 4.98 Å². The fraction of sp³-hybridized carbons (Fsp3) is 0.583. The van der Waals surface area contributed by atoms with Gasteiger partial charge in [-0.3, -0.25) is 0 Å². The molecule has 0 aliphatic carbocycles. The Hall–Kier alpha value is -1.13. The molecule has 1 heterocycles. The van der Waals surface area contributed by atoms with Crippen LogP contribution in [0.5, 0.6) is 0 Å². The van der Waals surface area contributed by atoms with Crippen molar-refractivity contribution in [2.24, 2.45) is 0 Å². The van der Waals surface area contributed by atoms with Gasteiger partial charge in [0.25, 0.3) is 0 Å². The average molecular weight is 224 g/mol. The van der Waals surface area contributed by atoms with E-state index in [9.17, 15) is 0 Å². The SMILES string of the molecule is CCOCC(C)OCc1ccc(NC)nc1. The molecule has 0 saturated carbocycles. The number of ether oxygens (including phenoxy) is 2. The lowest BCUT2D eigenvalue weighted by atomic mass is 10.3. The third-order valence-corrected chi connectivity index (χ3v) is 2.17. The summed E-state index contributed by atoms with van der Waals surface area (Å²) in [7, 11) is 1.85. The van der Waals surface area contributed by atoms with E-state index >= 15 is 0 Å². The average Bonchev–Trinajstić information content (AvgIpc) is 2.34. The molecule has 1 rings (SSSR count). The van der Waals surface area contributed by atoms with Crippen LogP contribution in [0.4, 0.5) is 5.82 Å². The molecule has 4 nitrogen and oxygen atoms in total. The zero-order valence-corrected chi connectivity index (χ0v) is 10.2. The van der Waals surface area contributed by atoms with Gasteiger partial charge in [0.2, 0.25) is 0 Å². The number of aromatic nitrogens is 1. The molecule has 0 fully saturated rings. The van der Waals surface area contributed by atoms with E-state index in [1.807, 2.05) is 39.2 Å². The highest BCUT2D eigenvalue weighted by molar-refractivity contribution is 5.34. The maximum Gasteiger partial charge on any atom is 0.125 e. The monoisotopic (exact) mass is 224 g/mol. The molecule has 0 amide bonds. The highest BCUT2D eigenvalue weighted by atomic mass is 16.5. The van der Waals surface area contributed by atoms with E-state index in [4.69, 9.17) is 9.47 Å². The first-order valence-corrected chi connectivity index (χ1v) is 5.58. The molecule has 0 bridgehead atoms. The van der Waals surface area contributed by atoms with E-state index in [0.717, 1.165) is 18.0 Å². The van der Waals surface area contributed by atoms with Crippen LogP contribution in [0.25, 0.3) is 0 Å². The van der Waals surface area contributed by atoms with Gasteiger partial charge in [-0.15, -0.1) is 0 Å². The molecule has 0 saturated heterocycles. The minimum absolute atomic E-state index is 0.115. The molecule has 1 N–H and O–H groups in total. The fourth-order valence-electron chi connectivity index (χ4n) is 1.23. The molecule has 90 valence electrons. The molecule has 1 aromatic heterocycles. The summed E-state index contributed by atoms with van der Waals surface area (Å²) in [5.74, 6) is 0.867. The Morgan fingerprint density at radius 3 is 2.81 bits per heavy atom. The molecule has 0 radical (unpaired) electrons. The Morgan fingerprint density at radius 1 is 1.44 bits per heavy atom. The minimum atomic E-state index is 0.115. The highest BCUT2D eigenvalue weighted by Gasteiger charge is 2.02. The third-order valence-electron chi connectivity index (χ3n) is 2.17. The lowest BCUT2D eigenvalue weighted by molar-refractivity contribution is -0.0117. The maximum absolute atomic E-state index is 5.62. The summed E-state index contributed by atoms with van der Waals surface area (Å²) in [6.45, 7) is 5.92. The highest BCUT2D eigenvalue weighted by Crippen LogP contribution is 2.06. The van der Waals surface area contributed by atoms with E-state index in [-0.39, 0.29) is 6.10 Å². The summed E-state index contributed by atoms with van der Waals surface area (Å²) in [5.41, 5.74) is 1.07. The van der Waals surface area contributed by atoms with Gasteiger partial charge in [-0.05, 0) is 25.5 Å². The molecular formula is C12H20N2O2. The lowest BCUT2D eigenvalue weighted by Gasteiger charge is -2.12. The number of pyridine rings is 1. The first kappa shape index (κ1) is 12.9. The summed E-state index contributed by atoms with van der Waals surface area (Å²) in [6, 6.07) is 3.94. The van der Waals surface area contributed by atoms with Gasteiger partial charge in [0.15, 0.2) is 0 Å². The summed E-state index contributed by atoms with van der Waals surface area (Å²) in [4.78, 5) is 4.21. The van der Waals surface area contributed by atoms with Crippen LogP contribution in [0.2, 0.25) is 0 Å². The normalized spacial score (nSPS) is 12.4. The van der Waals surface area contributed by atoms with Crippen LogP contribution in [-0.4, -0.2) is 31.3 Å². The Morgan fingerprint density at radius 2 is 2.25 bits per heavy atom. The van der Waals surface area contributed by atoms with Crippen LogP contribution in [0, 0.1) is 0 Å². The Balaban J connectivity index is 2.30. The number of anilines is 1. The van der Waals surface area contributed by atoms with Gasteiger partial charge in [0.05, 0.1) is 19.3 Å². The Bertz CT molecular complexity index is 288. The number of rotatable bonds is 7. The van der Waals surface area contributed by atoms with Crippen LogP contribution in [-0.2, 0) is 16.1 Å². The molecule has 16 heavy (non-hydrogen) atoms. The summed E-state index contributed by atoms with van der Waals surface area (Å²) in [5, 5.41) is 2.98. The van der Waals surface area contributed by atoms with Crippen LogP contribution in [0.15, 0.2) is 18.3 Å². The molecule has 0 aliphatic heterocycles. The van der Waals surface area contributed by atoms with Crippen molar-refractivity contribution in [2.75, 3.05) is 25.6 Å². The summed E-state index contributed by atoms with van der Waals surface area (Å²) < 4.78 is 10.9. The fourth-order valence-corrected chi connectivity index (χ4v) is 1.23. The van der Waals surface area contributed by atoms with Crippen LogP contribution in [0.3, 0.4) is 0 Å². The first-order valence-electron chi connectivity index (χ1n) is 5.58. The van der Waals surface area contributed by atoms with E-state index in [1.54, 1.807) is 0 Å². The molecule has 0 spiro atoms. The standard InChI is InChI=1S/C12H20N2O2/c1-4-15-8-10(2)16-9-11-5-6-12(13-3)14-7-11/h5-7,10H,4,8-9H2,1-3H3,(H,13,14). The largest absolute Gasteiger partial charge is 0.379 e. The molecule has 4 heteroatoms. The van der Waals surface area contributed by atoms with Gasteiger partial charge >= 0.3 is 0 Å². The Kier molecular flexibility index (Phi) is 5.82. The van der Waals surface area contributed by atoms with Gasteiger partial charge in [-0.2, -0.15) is 0 Å². The second kappa shape index (κ2) is 7.19. The number of hydrogen-bond donors (Lipinski definition) is 1. The number of nitrogens with zero attached hydrogens (tertiary/aromatic N) is 1. The first-order chi connectivity index (χ1) is 7.76. The van der Waals surface area contributed by atoms with Crippen molar-refractivity contribution in [1.29, 1.82) is 0 Å². The lowest BCUT2D eigenvalue weighted by Crippen LogP contribution is -2.15. The quantitative estimate of drug-likeness (QED) is 0.770. The van der Waals surface area contributed by atoms with E-state index in [1.165, 1.54) is 0 Å². The van der Waals surface area contributed by atoms with Crippen molar-refractivity contribution < 1.29 is 9.47 Å². The van der Waals surface area contributed by atoms with Gasteiger partial charge in [0, 0.05) is 19.9 Å². The number of nitrogens with one attached hydrogen (secondary N) is 1. The van der Waals surface area contributed by atoms with Gasteiger partial charge < -0.3 is 14.8 Å². The second-order valence-corrected chi connectivity index (χ2v) is 3.58. The summed E-state index contributed by atoms with van der Waals surface area (Å²) >= 11 is 0. The number of hydrogen-bond acceptors (Lipinski definition) is 4. The van der Waals surface area contributed by atoms with Crippen molar-refractivity contribution in [2.45, 2.75) is 26.6 Å². The zero-order valence-electron chi connectivity index (χ0n) is 10.2.